The molecule has 0 atom stereocenters. The van der Waals surface area contributed by atoms with Crippen LogP contribution in [0.25, 0.3) is 0 Å². The summed E-state index contributed by atoms with van der Waals surface area (Å²) in [5, 5.41) is 3.12. The fraction of sp³-hybridized carbons (Fsp3) is 0.588. The van der Waals surface area contributed by atoms with Crippen LogP contribution in [0.15, 0.2) is 30.3 Å². The summed E-state index contributed by atoms with van der Waals surface area (Å²) in [4.78, 5) is 14.5. The molecule has 1 aliphatic rings. The third kappa shape index (κ3) is 4.64. The molecule has 1 aromatic rings. The zero-order valence-electron chi connectivity index (χ0n) is 12.9. The molecular formula is C17H26N2O. The molecule has 3 nitrogen and oxygen atoms in total. The van der Waals surface area contributed by atoms with Gasteiger partial charge >= 0.3 is 0 Å². The van der Waals surface area contributed by atoms with Gasteiger partial charge in [0.15, 0.2) is 0 Å². The molecule has 1 saturated carbocycles. The van der Waals surface area contributed by atoms with Crippen LogP contribution in [-0.4, -0.2) is 28.9 Å². The van der Waals surface area contributed by atoms with E-state index in [2.05, 4.69) is 55.3 Å². The van der Waals surface area contributed by atoms with E-state index >= 15 is 0 Å². The van der Waals surface area contributed by atoms with Crippen molar-refractivity contribution in [2.24, 2.45) is 0 Å². The molecule has 0 saturated heterocycles. The molecule has 1 aliphatic carbocycles. The van der Waals surface area contributed by atoms with Crippen LogP contribution in [0, 0.1) is 0 Å². The fourth-order valence-corrected chi connectivity index (χ4v) is 2.26. The molecular weight excluding hydrogens is 248 g/mol. The lowest BCUT2D eigenvalue weighted by Gasteiger charge is -2.27. The van der Waals surface area contributed by atoms with E-state index in [0.29, 0.717) is 12.6 Å². The molecule has 110 valence electrons. The quantitative estimate of drug-likeness (QED) is 0.829. The van der Waals surface area contributed by atoms with Gasteiger partial charge in [-0.3, -0.25) is 9.69 Å². The number of hydrogen-bond acceptors (Lipinski definition) is 2. The Hall–Kier alpha value is -1.35. The highest BCUT2D eigenvalue weighted by Crippen LogP contribution is 2.28. The van der Waals surface area contributed by atoms with Crippen LogP contribution in [0.1, 0.15) is 45.6 Å². The molecule has 0 aliphatic heterocycles. The van der Waals surface area contributed by atoms with Crippen molar-refractivity contribution in [3.05, 3.63) is 35.9 Å². The number of carbonyl (C=O) groups excluding carboxylic acids is 1. The smallest absolute Gasteiger partial charge is 0.234 e. The van der Waals surface area contributed by atoms with Crippen molar-refractivity contribution >= 4 is 5.91 Å². The van der Waals surface area contributed by atoms with E-state index in [-0.39, 0.29) is 11.4 Å². The molecule has 1 N–H and O–H groups in total. The molecule has 1 aromatic carbocycles. The molecule has 0 bridgehead atoms. The highest BCUT2D eigenvalue weighted by atomic mass is 16.2. The van der Waals surface area contributed by atoms with Crippen LogP contribution in [0.5, 0.6) is 0 Å². The minimum absolute atomic E-state index is 0.112. The van der Waals surface area contributed by atoms with Gasteiger partial charge in [0.05, 0.1) is 6.54 Å². The second-order valence-corrected chi connectivity index (χ2v) is 6.41. The van der Waals surface area contributed by atoms with Crippen LogP contribution < -0.4 is 5.32 Å². The average Bonchev–Trinajstić information content (AvgIpc) is 3.23. The molecule has 2 rings (SSSR count). The number of nitrogens with one attached hydrogen (secondary N) is 1. The predicted octanol–water partition coefficient (Wildman–Crippen LogP) is 2.96. The maximum atomic E-state index is 12.2. The molecule has 0 heterocycles. The normalized spacial score (nSPS) is 15.4. The zero-order valence-corrected chi connectivity index (χ0v) is 12.9. The molecule has 3 heteroatoms. The maximum Gasteiger partial charge on any atom is 0.234 e. The van der Waals surface area contributed by atoms with Gasteiger partial charge in [-0.05, 0) is 38.7 Å². The molecule has 0 aromatic heterocycles. The molecule has 0 spiro atoms. The first-order chi connectivity index (χ1) is 9.50. The number of rotatable bonds is 7. The minimum Gasteiger partial charge on any atom is -0.350 e. The summed E-state index contributed by atoms with van der Waals surface area (Å²) in [5.74, 6) is 0.139. The second kappa shape index (κ2) is 6.40. The number of nitrogens with zero attached hydrogens (tertiary/aromatic N) is 1. The summed E-state index contributed by atoms with van der Waals surface area (Å²) in [6.07, 6.45) is 3.38. The van der Waals surface area contributed by atoms with E-state index in [1.54, 1.807) is 0 Å². The van der Waals surface area contributed by atoms with Crippen molar-refractivity contribution in [3.63, 3.8) is 0 Å². The van der Waals surface area contributed by atoms with E-state index in [0.717, 1.165) is 13.0 Å². The average molecular weight is 274 g/mol. The second-order valence-electron chi connectivity index (χ2n) is 6.41. The Balaban J connectivity index is 1.91. The summed E-state index contributed by atoms with van der Waals surface area (Å²) in [6.45, 7) is 7.62. The Kier molecular flexibility index (Phi) is 4.81. The SMILES string of the molecule is CCC(C)(C)NC(=O)CN(Cc1ccccc1)C1CC1. The van der Waals surface area contributed by atoms with Gasteiger partial charge in [-0.25, -0.2) is 0 Å². The Labute approximate surface area is 122 Å². The highest BCUT2D eigenvalue weighted by molar-refractivity contribution is 5.78. The third-order valence-corrected chi connectivity index (χ3v) is 4.00. The first kappa shape index (κ1) is 15.0. The third-order valence-electron chi connectivity index (χ3n) is 4.00. The van der Waals surface area contributed by atoms with E-state index in [1.807, 2.05) is 6.07 Å². The summed E-state index contributed by atoms with van der Waals surface area (Å²) < 4.78 is 0. The van der Waals surface area contributed by atoms with Gasteiger partial charge in [-0.1, -0.05) is 37.3 Å². The largest absolute Gasteiger partial charge is 0.350 e. The van der Waals surface area contributed by atoms with Crippen molar-refractivity contribution in [3.8, 4) is 0 Å². The van der Waals surface area contributed by atoms with Crippen molar-refractivity contribution in [1.82, 2.24) is 10.2 Å². The van der Waals surface area contributed by atoms with E-state index in [4.69, 9.17) is 0 Å². The van der Waals surface area contributed by atoms with Crippen molar-refractivity contribution < 1.29 is 4.79 Å². The molecule has 1 fully saturated rings. The molecule has 20 heavy (non-hydrogen) atoms. The van der Waals surface area contributed by atoms with E-state index in [9.17, 15) is 4.79 Å². The van der Waals surface area contributed by atoms with Crippen LogP contribution in [0.3, 0.4) is 0 Å². The van der Waals surface area contributed by atoms with E-state index < -0.39 is 0 Å². The Morgan fingerprint density at radius 3 is 2.50 bits per heavy atom. The lowest BCUT2D eigenvalue weighted by Crippen LogP contribution is -2.47. The van der Waals surface area contributed by atoms with Crippen LogP contribution in [-0.2, 0) is 11.3 Å². The first-order valence-corrected chi connectivity index (χ1v) is 7.59. The predicted molar refractivity (Wildman–Crippen MR) is 82.4 cm³/mol. The van der Waals surface area contributed by atoms with Gasteiger partial charge in [0.1, 0.15) is 0 Å². The molecule has 1 amide bonds. The summed E-state index contributed by atoms with van der Waals surface area (Å²) in [5.41, 5.74) is 1.17. The lowest BCUT2D eigenvalue weighted by molar-refractivity contribution is -0.124. The van der Waals surface area contributed by atoms with E-state index in [1.165, 1.54) is 18.4 Å². The zero-order chi connectivity index (χ0) is 14.6. The van der Waals surface area contributed by atoms with Crippen LogP contribution in [0.2, 0.25) is 0 Å². The van der Waals surface area contributed by atoms with Gasteiger partial charge in [-0.2, -0.15) is 0 Å². The number of carbonyl (C=O) groups is 1. The van der Waals surface area contributed by atoms with Crippen molar-refractivity contribution in [1.29, 1.82) is 0 Å². The first-order valence-electron chi connectivity index (χ1n) is 7.59. The summed E-state index contributed by atoms with van der Waals surface area (Å²) in [7, 11) is 0. The Morgan fingerprint density at radius 2 is 1.95 bits per heavy atom. The lowest BCUT2D eigenvalue weighted by atomic mass is 10.0. The van der Waals surface area contributed by atoms with Gasteiger partial charge in [0.25, 0.3) is 0 Å². The summed E-state index contributed by atoms with van der Waals surface area (Å²) in [6, 6.07) is 11.0. The maximum absolute atomic E-state index is 12.2. The fourth-order valence-electron chi connectivity index (χ4n) is 2.26. The Morgan fingerprint density at radius 1 is 1.30 bits per heavy atom. The molecule has 0 unspecified atom stereocenters. The highest BCUT2D eigenvalue weighted by Gasteiger charge is 2.31. The van der Waals surface area contributed by atoms with Crippen molar-refractivity contribution in [2.75, 3.05) is 6.54 Å². The van der Waals surface area contributed by atoms with Gasteiger partial charge in [0, 0.05) is 18.1 Å². The standard InChI is InChI=1S/C17H26N2O/c1-4-17(2,3)18-16(20)13-19(15-10-11-15)12-14-8-6-5-7-9-14/h5-9,15H,4,10-13H2,1-3H3,(H,18,20). The van der Waals surface area contributed by atoms with Crippen molar-refractivity contribution in [2.45, 2.75) is 58.2 Å². The van der Waals surface area contributed by atoms with Crippen LogP contribution in [0.4, 0.5) is 0 Å². The monoisotopic (exact) mass is 274 g/mol. The van der Waals surface area contributed by atoms with Gasteiger partial charge < -0.3 is 5.32 Å². The van der Waals surface area contributed by atoms with Gasteiger partial charge in [0.2, 0.25) is 5.91 Å². The summed E-state index contributed by atoms with van der Waals surface area (Å²) >= 11 is 0. The molecule has 0 radical (unpaired) electrons. The minimum atomic E-state index is -0.112. The number of benzene rings is 1. The number of hydrogen-bond donors (Lipinski definition) is 1. The van der Waals surface area contributed by atoms with Crippen LogP contribution >= 0.6 is 0 Å². The topological polar surface area (TPSA) is 32.3 Å². The Bertz CT molecular complexity index is 438. The number of amides is 1. The van der Waals surface area contributed by atoms with Gasteiger partial charge in [-0.15, -0.1) is 0 Å².